The van der Waals surface area contributed by atoms with E-state index in [0.717, 1.165) is 13.1 Å². The van der Waals surface area contributed by atoms with E-state index >= 15 is 0 Å². The maximum atomic E-state index is 11.4. The van der Waals surface area contributed by atoms with Crippen molar-refractivity contribution in [3.63, 3.8) is 0 Å². The van der Waals surface area contributed by atoms with Crippen molar-refractivity contribution in [2.45, 2.75) is 6.42 Å². The van der Waals surface area contributed by atoms with Gasteiger partial charge in [0.1, 0.15) is 5.78 Å². The molecule has 2 aliphatic rings. The lowest BCUT2D eigenvalue weighted by molar-refractivity contribution is -0.155. The summed E-state index contributed by atoms with van der Waals surface area (Å²) in [6.07, 6.45) is 0.619. The van der Waals surface area contributed by atoms with Gasteiger partial charge in [0.2, 0.25) is 0 Å². The van der Waals surface area contributed by atoms with Crippen LogP contribution < -0.4 is 0 Å². The lowest BCUT2D eigenvalue weighted by atomic mass is 9.75. The summed E-state index contributed by atoms with van der Waals surface area (Å²) in [6.45, 7) is 3.07. The lowest BCUT2D eigenvalue weighted by Gasteiger charge is -2.48. The number of likely N-dealkylation sites (tertiary alicyclic amines) is 1. The molecule has 1 spiro atoms. The molecule has 2 heterocycles. The van der Waals surface area contributed by atoms with E-state index in [-0.39, 0.29) is 5.41 Å². The van der Waals surface area contributed by atoms with Crippen LogP contribution >= 0.6 is 0 Å². The Kier molecular flexibility index (Phi) is 1.51. The Morgan fingerprint density at radius 1 is 1.55 bits per heavy atom. The van der Waals surface area contributed by atoms with Crippen LogP contribution in [0, 0.1) is 5.41 Å². The van der Waals surface area contributed by atoms with E-state index in [2.05, 4.69) is 4.90 Å². The van der Waals surface area contributed by atoms with Gasteiger partial charge in [-0.05, 0) is 7.05 Å². The fraction of sp³-hybridized carbons (Fsp3) is 0.875. The molecule has 0 aromatic heterocycles. The minimum atomic E-state index is -0.104. The minimum absolute atomic E-state index is 0.104. The summed E-state index contributed by atoms with van der Waals surface area (Å²) in [5.41, 5.74) is -0.104. The first kappa shape index (κ1) is 7.25. The Bertz CT molecular complexity index is 179. The van der Waals surface area contributed by atoms with E-state index in [9.17, 15) is 4.79 Å². The Morgan fingerprint density at radius 3 is 2.82 bits per heavy atom. The Labute approximate surface area is 66.3 Å². The number of hydrogen-bond acceptors (Lipinski definition) is 3. The van der Waals surface area contributed by atoms with Crippen LogP contribution in [0.4, 0.5) is 0 Å². The highest BCUT2D eigenvalue weighted by atomic mass is 16.5. The Balaban J connectivity index is 2.06. The van der Waals surface area contributed by atoms with Gasteiger partial charge >= 0.3 is 0 Å². The number of nitrogens with zero attached hydrogens (tertiary/aromatic N) is 1. The van der Waals surface area contributed by atoms with Crippen LogP contribution in [0.5, 0.6) is 0 Å². The number of rotatable bonds is 0. The highest BCUT2D eigenvalue weighted by molar-refractivity contribution is 5.87. The average Bonchev–Trinajstić information content (AvgIpc) is 1.92. The molecule has 2 rings (SSSR count). The predicted octanol–water partition coefficient (Wildman–Crippen LogP) is -0.0924. The molecule has 2 fully saturated rings. The van der Waals surface area contributed by atoms with Gasteiger partial charge in [-0.25, -0.2) is 0 Å². The van der Waals surface area contributed by atoms with Crippen molar-refractivity contribution in [3.05, 3.63) is 0 Å². The van der Waals surface area contributed by atoms with Crippen molar-refractivity contribution in [1.29, 1.82) is 0 Å². The molecule has 62 valence electrons. The van der Waals surface area contributed by atoms with Crippen LogP contribution in [0.2, 0.25) is 0 Å². The normalized spacial score (nSPS) is 30.5. The SMILES string of the molecule is CN1CC2(COCCC2=O)C1. The highest BCUT2D eigenvalue weighted by Crippen LogP contribution is 2.33. The van der Waals surface area contributed by atoms with Crippen molar-refractivity contribution < 1.29 is 9.53 Å². The number of hydrogen-bond donors (Lipinski definition) is 0. The monoisotopic (exact) mass is 155 g/mol. The van der Waals surface area contributed by atoms with Gasteiger partial charge in [0.15, 0.2) is 0 Å². The number of Topliss-reactive ketones (excluding diaryl/α,β-unsaturated/α-hetero) is 1. The van der Waals surface area contributed by atoms with Crippen LogP contribution in [0.15, 0.2) is 0 Å². The first-order valence-electron chi connectivity index (χ1n) is 4.03. The van der Waals surface area contributed by atoms with E-state index in [4.69, 9.17) is 4.74 Å². The number of carbonyl (C=O) groups excluding carboxylic acids is 1. The van der Waals surface area contributed by atoms with Crippen molar-refractivity contribution in [2.75, 3.05) is 33.4 Å². The Morgan fingerprint density at radius 2 is 2.27 bits per heavy atom. The van der Waals surface area contributed by atoms with Gasteiger partial charge in [-0.15, -0.1) is 0 Å². The molecule has 0 N–H and O–H groups in total. The second kappa shape index (κ2) is 2.29. The molecule has 0 atom stereocenters. The summed E-state index contributed by atoms with van der Waals surface area (Å²) >= 11 is 0. The van der Waals surface area contributed by atoms with E-state index in [0.29, 0.717) is 25.4 Å². The zero-order chi connectivity index (χ0) is 7.90. The molecule has 0 radical (unpaired) electrons. The first-order chi connectivity index (χ1) is 5.23. The minimum Gasteiger partial charge on any atom is -0.380 e. The Hall–Kier alpha value is -0.410. The van der Waals surface area contributed by atoms with Gasteiger partial charge in [-0.2, -0.15) is 0 Å². The molecule has 0 aromatic rings. The van der Waals surface area contributed by atoms with Crippen LogP contribution in [-0.2, 0) is 9.53 Å². The molecule has 11 heavy (non-hydrogen) atoms. The third kappa shape index (κ3) is 0.993. The smallest absolute Gasteiger partial charge is 0.146 e. The summed E-state index contributed by atoms with van der Waals surface area (Å²) in [7, 11) is 2.03. The molecule has 3 heteroatoms. The number of ether oxygens (including phenoxy) is 1. The molecule has 0 amide bonds. The van der Waals surface area contributed by atoms with Crippen LogP contribution in [-0.4, -0.2) is 44.0 Å². The first-order valence-corrected chi connectivity index (χ1v) is 4.03. The average molecular weight is 155 g/mol. The quantitative estimate of drug-likeness (QED) is 0.489. The predicted molar refractivity (Wildman–Crippen MR) is 40.4 cm³/mol. The second-order valence-corrected chi connectivity index (χ2v) is 3.68. The molecule has 0 bridgehead atoms. The van der Waals surface area contributed by atoms with Crippen molar-refractivity contribution in [1.82, 2.24) is 4.90 Å². The third-order valence-corrected chi connectivity index (χ3v) is 2.59. The van der Waals surface area contributed by atoms with Gasteiger partial charge < -0.3 is 9.64 Å². The highest BCUT2D eigenvalue weighted by Gasteiger charge is 2.48. The summed E-state index contributed by atoms with van der Waals surface area (Å²) in [6, 6.07) is 0. The molecular formula is C8H13NO2. The summed E-state index contributed by atoms with van der Waals surface area (Å²) in [5, 5.41) is 0. The molecule has 0 aromatic carbocycles. The molecule has 2 aliphatic heterocycles. The third-order valence-electron chi connectivity index (χ3n) is 2.59. The van der Waals surface area contributed by atoms with Crippen molar-refractivity contribution >= 4 is 5.78 Å². The largest absolute Gasteiger partial charge is 0.380 e. The second-order valence-electron chi connectivity index (χ2n) is 3.68. The maximum absolute atomic E-state index is 11.4. The molecule has 2 saturated heterocycles. The van der Waals surface area contributed by atoms with Gasteiger partial charge in [0.25, 0.3) is 0 Å². The van der Waals surface area contributed by atoms with Crippen LogP contribution in [0.1, 0.15) is 6.42 Å². The van der Waals surface area contributed by atoms with Gasteiger partial charge in [0.05, 0.1) is 18.6 Å². The molecule has 3 nitrogen and oxygen atoms in total. The van der Waals surface area contributed by atoms with Gasteiger partial charge in [0, 0.05) is 19.5 Å². The summed E-state index contributed by atoms with van der Waals surface area (Å²) < 4.78 is 5.30. The standard InChI is InChI=1S/C8H13NO2/c1-9-4-8(5-9)6-11-3-2-7(8)10/h2-6H2,1H3. The van der Waals surface area contributed by atoms with Gasteiger partial charge in [-0.3, -0.25) is 4.79 Å². The fourth-order valence-electron chi connectivity index (χ4n) is 2.03. The molecule has 0 aliphatic carbocycles. The van der Waals surface area contributed by atoms with Crippen LogP contribution in [0.25, 0.3) is 0 Å². The molecular weight excluding hydrogens is 142 g/mol. The van der Waals surface area contributed by atoms with E-state index < -0.39 is 0 Å². The lowest BCUT2D eigenvalue weighted by Crippen LogP contribution is -2.62. The van der Waals surface area contributed by atoms with E-state index in [1.165, 1.54) is 0 Å². The summed E-state index contributed by atoms with van der Waals surface area (Å²) in [5.74, 6) is 0.404. The molecule has 0 unspecified atom stereocenters. The van der Waals surface area contributed by atoms with Gasteiger partial charge in [-0.1, -0.05) is 0 Å². The van der Waals surface area contributed by atoms with Crippen molar-refractivity contribution in [3.8, 4) is 0 Å². The zero-order valence-electron chi connectivity index (χ0n) is 6.80. The number of ketones is 1. The van der Waals surface area contributed by atoms with Crippen molar-refractivity contribution in [2.24, 2.45) is 5.41 Å². The van der Waals surface area contributed by atoms with E-state index in [1.54, 1.807) is 0 Å². The topological polar surface area (TPSA) is 29.5 Å². The molecule has 0 saturated carbocycles. The summed E-state index contributed by atoms with van der Waals surface area (Å²) in [4.78, 5) is 13.6. The number of carbonyl (C=O) groups is 1. The van der Waals surface area contributed by atoms with E-state index in [1.807, 2.05) is 7.05 Å². The van der Waals surface area contributed by atoms with Crippen LogP contribution in [0.3, 0.4) is 0 Å². The fourth-order valence-corrected chi connectivity index (χ4v) is 2.03. The maximum Gasteiger partial charge on any atom is 0.146 e. The zero-order valence-corrected chi connectivity index (χ0v) is 6.80.